The van der Waals surface area contributed by atoms with Crippen LogP contribution in [0.4, 0.5) is 0 Å². The van der Waals surface area contributed by atoms with Gasteiger partial charge in [-0.05, 0) is 31.0 Å². The van der Waals surface area contributed by atoms with Crippen LogP contribution in [0.3, 0.4) is 0 Å². The molecule has 13 heteroatoms. The summed E-state index contributed by atoms with van der Waals surface area (Å²) in [5, 5.41) is 67.7. The number of aliphatic hydroxyl groups excluding tert-OH is 1. The van der Waals surface area contributed by atoms with Crippen molar-refractivity contribution in [2.75, 3.05) is 14.2 Å². The third-order valence-corrected chi connectivity index (χ3v) is 7.61. The number of carboxylic acids is 1. The summed E-state index contributed by atoms with van der Waals surface area (Å²) in [4.78, 5) is 51.6. The van der Waals surface area contributed by atoms with Crippen LogP contribution < -0.4 is 10.1 Å². The molecule has 2 aliphatic rings. The Bertz CT molecular complexity index is 1760. The maximum absolute atomic E-state index is 13.7. The number of amides is 1. The van der Waals surface area contributed by atoms with E-state index in [4.69, 9.17) is 9.47 Å². The van der Waals surface area contributed by atoms with E-state index in [0.29, 0.717) is 0 Å². The number of aromatic hydroxyl groups is 4. The zero-order valence-electron chi connectivity index (χ0n) is 22.6. The van der Waals surface area contributed by atoms with E-state index in [-0.39, 0.29) is 33.6 Å². The highest BCUT2D eigenvalue weighted by Crippen LogP contribution is 2.59. The molecule has 1 amide bonds. The number of hydrogen-bond donors (Lipinski definition) is 7. The molecule has 3 atom stereocenters. The summed E-state index contributed by atoms with van der Waals surface area (Å²) in [6.45, 7) is 2.63. The van der Waals surface area contributed by atoms with Gasteiger partial charge >= 0.3 is 5.97 Å². The summed E-state index contributed by atoms with van der Waals surface area (Å²) in [5.41, 5.74) is -3.51. The Morgan fingerprint density at radius 1 is 0.881 bits per heavy atom. The van der Waals surface area contributed by atoms with Gasteiger partial charge in [0.25, 0.3) is 5.91 Å². The van der Waals surface area contributed by atoms with Crippen LogP contribution in [0.1, 0.15) is 78.0 Å². The predicted molar refractivity (Wildman–Crippen MR) is 142 cm³/mol. The lowest BCUT2D eigenvalue weighted by atomic mass is 9.73. The first-order valence-corrected chi connectivity index (χ1v) is 12.5. The molecule has 7 N–H and O–H groups in total. The van der Waals surface area contributed by atoms with Gasteiger partial charge < -0.3 is 45.4 Å². The monoisotopic (exact) mass is 579 g/mol. The molecule has 0 fully saturated rings. The minimum atomic E-state index is -1.61. The van der Waals surface area contributed by atoms with Crippen molar-refractivity contribution in [2.24, 2.45) is 0 Å². The number of rotatable bonds is 5. The molecule has 0 radical (unpaired) electrons. The van der Waals surface area contributed by atoms with E-state index in [1.54, 1.807) is 0 Å². The molecular weight excluding hydrogens is 554 g/mol. The average molecular weight is 580 g/mol. The Kier molecular flexibility index (Phi) is 6.59. The van der Waals surface area contributed by atoms with E-state index >= 15 is 0 Å². The van der Waals surface area contributed by atoms with E-state index < -0.39 is 92.5 Å². The minimum absolute atomic E-state index is 0.0322. The number of methoxy groups -OCH3 is 2. The Morgan fingerprint density at radius 3 is 2.12 bits per heavy atom. The number of hydrogen-bond acceptors (Lipinski definition) is 11. The van der Waals surface area contributed by atoms with Gasteiger partial charge in [0, 0.05) is 35.4 Å². The quantitative estimate of drug-likeness (QED) is 0.169. The maximum Gasteiger partial charge on any atom is 0.325 e. The molecule has 42 heavy (non-hydrogen) atoms. The SMILES string of the molecule is COc1cc(O)c2c(c1)C(=O)c1c(O)c3c(c(O)c1C2=O)[C@H](OC)[C@@H](O)c1cc(C)c(C(=O)NC(C)C(=O)O)c(O)c1-3. The summed E-state index contributed by atoms with van der Waals surface area (Å²) < 4.78 is 10.5. The number of phenols is 4. The lowest BCUT2D eigenvalue weighted by molar-refractivity contribution is -0.138. The van der Waals surface area contributed by atoms with Gasteiger partial charge in [0.15, 0.2) is 5.78 Å². The molecule has 0 aromatic heterocycles. The molecule has 0 spiro atoms. The normalized spacial score (nSPS) is 17.5. The molecule has 3 aromatic carbocycles. The Morgan fingerprint density at radius 2 is 1.52 bits per heavy atom. The second-order valence-electron chi connectivity index (χ2n) is 9.98. The minimum Gasteiger partial charge on any atom is -0.507 e. The van der Waals surface area contributed by atoms with Crippen molar-refractivity contribution in [3.63, 3.8) is 0 Å². The van der Waals surface area contributed by atoms with Crippen molar-refractivity contribution in [2.45, 2.75) is 32.1 Å². The number of carboxylic acid groups (broad SMARTS) is 1. The number of phenolic OH excluding ortho intramolecular Hbond substituents is 4. The average Bonchev–Trinajstić information content (AvgIpc) is 2.93. The number of benzene rings is 3. The highest BCUT2D eigenvalue weighted by Gasteiger charge is 2.46. The van der Waals surface area contributed by atoms with Crippen LogP contribution in [0.15, 0.2) is 18.2 Å². The van der Waals surface area contributed by atoms with Gasteiger partial charge in [0.2, 0.25) is 5.78 Å². The molecule has 5 rings (SSSR count). The lowest BCUT2D eigenvalue weighted by Gasteiger charge is -2.35. The second kappa shape index (κ2) is 9.75. The summed E-state index contributed by atoms with van der Waals surface area (Å²) in [5.74, 6) is -7.42. The standard InChI is InChI=1S/C29H25NO12/c1-8-5-11-16(23(34)14(8)28(38)30-9(2)29(39)40)17-20(27(42-4)22(11)33)26(37)19-18(25(17)36)21(32)12-6-10(41-3)7-13(31)15(12)24(19)35/h5-7,9,22,27,31,33-34,36-37H,1-4H3,(H,30,38)(H,39,40)/t9?,22-,27-/m0/s1. The third kappa shape index (κ3) is 3.78. The summed E-state index contributed by atoms with van der Waals surface area (Å²) in [7, 11) is 2.45. The fourth-order valence-electron chi connectivity index (χ4n) is 5.62. The predicted octanol–water partition coefficient (Wildman–Crippen LogP) is 2.21. The van der Waals surface area contributed by atoms with Crippen LogP contribution in [0.25, 0.3) is 11.1 Å². The molecule has 13 nitrogen and oxygen atoms in total. The summed E-state index contributed by atoms with van der Waals surface area (Å²) in [6.07, 6.45) is -3.04. The smallest absolute Gasteiger partial charge is 0.325 e. The molecule has 0 heterocycles. The number of aliphatic hydroxyl groups is 1. The molecule has 0 saturated heterocycles. The zero-order chi connectivity index (χ0) is 30.9. The number of carbonyl (C=O) groups excluding carboxylic acids is 3. The van der Waals surface area contributed by atoms with Gasteiger partial charge in [-0.2, -0.15) is 0 Å². The molecule has 3 aromatic rings. The Balaban J connectivity index is 1.86. The van der Waals surface area contributed by atoms with Crippen LogP contribution >= 0.6 is 0 Å². The first kappa shape index (κ1) is 28.4. The summed E-state index contributed by atoms with van der Waals surface area (Å²) in [6, 6.07) is 2.25. The van der Waals surface area contributed by atoms with Gasteiger partial charge in [-0.3, -0.25) is 19.2 Å². The molecule has 1 unspecified atom stereocenters. The molecule has 0 saturated carbocycles. The van der Waals surface area contributed by atoms with Crippen molar-refractivity contribution < 1.29 is 59.3 Å². The van der Waals surface area contributed by atoms with Crippen molar-refractivity contribution in [1.29, 1.82) is 0 Å². The van der Waals surface area contributed by atoms with Gasteiger partial charge in [-0.1, -0.05) is 6.07 Å². The van der Waals surface area contributed by atoms with E-state index in [1.807, 2.05) is 0 Å². The lowest BCUT2D eigenvalue weighted by Crippen LogP contribution is -2.38. The van der Waals surface area contributed by atoms with Crippen LogP contribution in [-0.2, 0) is 9.53 Å². The van der Waals surface area contributed by atoms with Gasteiger partial charge in [0.1, 0.15) is 47.0 Å². The molecule has 0 bridgehead atoms. The third-order valence-electron chi connectivity index (χ3n) is 7.61. The molecule has 0 aliphatic heterocycles. The number of nitrogens with one attached hydrogen (secondary N) is 1. The van der Waals surface area contributed by atoms with Crippen molar-refractivity contribution in [3.05, 3.63) is 62.7 Å². The first-order chi connectivity index (χ1) is 19.8. The topological polar surface area (TPSA) is 220 Å². The number of carbonyl (C=O) groups is 4. The molecule has 2 aliphatic carbocycles. The largest absolute Gasteiger partial charge is 0.507 e. The zero-order valence-corrected chi connectivity index (χ0v) is 22.6. The van der Waals surface area contributed by atoms with E-state index in [1.165, 1.54) is 40.2 Å². The van der Waals surface area contributed by atoms with Crippen molar-refractivity contribution in [3.8, 4) is 39.9 Å². The number of ketones is 2. The molecular formula is C29H25NO12. The van der Waals surface area contributed by atoms with E-state index in [0.717, 1.165) is 6.07 Å². The Labute approximate surface area is 237 Å². The van der Waals surface area contributed by atoms with Crippen LogP contribution in [0.2, 0.25) is 0 Å². The van der Waals surface area contributed by atoms with Crippen molar-refractivity contribution in [1.82, 2.24) is 5.32 Å². The van der Waals surface area contributed by atoms with Gasteiger partial charge in [-0.25, -0.2) is 0 Å². The van der Waals surface area contributed by atoms with E-state index in [9.17, 15) is 49.8 Å². The summed E-state index contributed by atoms with van der Waals surface area (Å²) >= 11 is 0. The van der Waals surface area contributed by atoms with Gasteiger partial charge in [0.05, 0.1) is 29.4 Å². The fourth-order valence-corrected chi connectivity index (χ4v) is 5.62. The number of aliphatic carboxylic acids is 1. The highest BCUT2D eigenvalue weighted by molar-refractivity contribution is 6.32. The Hall–Kier alpha value is -5.14. The number of fused-ring (bicyclic) bond motifs is 5. The number of ether oxygens (including phenoxy) is 2. The van der Waals surface area contributed by atoms with Crippen LogP contribution in [0, 0.1) is 6.92 Å². The highest BCUT2D eigenvalue weighted by atomic mass is 16.5. The number of aryl methyl sites for hydroxylation is 1. The first-order valence-electron chi connectivity index (χ1n) is 12.5. The van der Waals surface area contributed by atoms with E-state index in [2.05, 4.69) is 5.32 Å². The molecule has 218 valence electrons. The van der Waals surface area contributed by atoms with Crippen molar-refractivity contribution >= 4 is 23.4 Å². The van der Waals surface area contributed by atoms with Gasteiger partial charge in [-0.15, -0.1) is 0 Å². The second-order valence-corrected chi connectivity index (χ2v) is 9.98. The maximum atomic E-state index is 13.7. The van der Waals surface area contributed by atoms with Crippen LogP contribution in [0.5, 0.6) is 28.7 Å². The van der Waals surface area contributed by atoms with Crippen LogP contribution in [-0.4, -0.2) is 74.3 Å². The fraction of sp³-hybridized carbons (Fsp3) is 0.241.